The van der Waals surface area contributed by atoms with Gasteiger partial charge in [-0.25, -0.2) is 9.78 Å². The molecule has 0 aliphatic carbocycles. The molecular weight excluding hydrogens is 362 g/mol. The van der Waals surface area contributed by atoms with Gasteiger partial charge in [0.15, 0.2) is 0 Å². The Morgan fingerprint density at radius 2 is 2.11 bits per heavy atom. The fourth-order valence-corrected chi connectivity index (χ4v) is 3.82. The first-order valence-electron chi connectivity index (χ1n) is 9.00. The Morgan fingerprint density at radius 3 is 2.85 bits per heavy atom. The van der Waals surface area contributed by atoms with E-state index in [1.807, 2.05) is 36.0 Å². The molecule has 3 amide bonds. The maximum atomic E-state index is 12.3. The number of rotatable bonds is 6. The molecule has 27 heavy (non-hydrogen) atoms. The summed E-state index contributed by atoms with van der Waals surface area (Å²) in [6.45, 7) is 2.16. The topological polar surface area (TPSA) is 77.6 Å². The van der Waals surface area contributed by atoms with E-state index in [2.05, 4.69) is 27.1 Å². The molecule has 7 nitrogen and oxygen atoms in total. The number of hydrogen-bond acceptors (Lipinski definition) is 5. The number of carbonyl (C=O) groups excluding carboxylic acids is 2. The molecule has 0 radical (unpaired) electrons. The number of nitrogens with zero attached hydrogens (tertiary/aromatic N) is 3. The van der Waals surface area contributed by atoms with Gasteiger partial charge in [0.1, 0.15) is 5.82 Å². The number of carbonyl (C=O) groups is 2. The minimum atomic E-state index is -0.279. The van der Waals surface area contributed by atoms with Gasteiger partial charge in [-0.15, -0.1) is 11.3 Å². The SMILES string of the molecule is CN(C)c1ccc(CNC(=O)NCCC(=O)N2CCc3sccc3C2)cn1. The van der Waals surface area contributed by atoms with E-state index >= 15 is 0 Å². The fraction of sp³-hybridized carbons (Fsp3) is 0.421. The lowest BCUT2D eigenvalue weighted by molar-refractivity contribution is -0.131. The van der Waals surface area contributed by atoms with Crippen molar-refractivity contribution in [3.8, 4) is 0 Å². The van der Waals surface area contributed by atoms with Gasteiger partial charge < -0.3 is 20.4 Å². The molecule has 144 valence electrons. The lowest BCUT2D eigenvalue weighted by Gasteiger charge is -2.27. The van der Waals surface area contributed by atoms with E-state index in [9.17, 15) is 9.59 Å². The molecule has 1 aliphatic rings. The molecule has 0 fully saturated rings. The van der Waals surface area contributed by atoms with Gasteiger partial charge in [0, 0.05) is 57.8 Å². The fourth-order valence-electron chi connectivity index (χ4n) is 2.93. The Labute approximate surface area is 163 Å². The first-order chi connectivity index (χ1) is 13.0. The van der Waals surface area contributed by atoms with Gasteiger partial charge in [-0.1, -0.05) is 6.07 Å². The molecular formula is C19H25N5O2S. The summed E-state index contributed by atoms with van der Waals surface area (Å²) in [7, 11) is 3.86. The molecule has 0 saturated heterocycles. The number of nitrogens with one attached hydrogen (secondary N) is 2. The average Bonchev–Trinajstić information content (AvgIpc) is 3.14. The standard InChI is InChI=1S/C19H25N5O2S/c1-23(2)17-4-3-14(11-21-17)12-22-19(26)20-8-5-18(25)24-9-6-16-15(13-24)7-10-27-16/h3-4,7,10-11H,5-6,8-9,12-13H2,1-2H3,(H2,20,22,26). The maximum Gasteiger partial charge on any atom is 0.315 e. The first kappa shape index (κ1) is 19.2. The highest BCUT2D eigenvalue weighted by molar-refractivity contribution is 7.10. The Balaban J connectivity index is 1.35. The highest BCUT2D eigenvalue weighted by atomic mass is 32.1. The van der Waals surface area contributed by atoms with Crippen LogP contribution < -0.4 is 15.5 Å². The van der Waals surface area contributed by atoms with Gasteiger partial charge in [0.05, 0.1) is 0 Å². The van der Waals surface area contributed by atoms with Crippen molar-refractivity contribution in [3.05, 3.63) is 45.8 Å². The van der Waals surface area contributed by atoms with E-state index in [1.165, 1.54) is 10.4 Å². The molecule has 0 spiro atoms. The van der Waals surface area contributed by atoms with Gasteiger partial charge in [-0.3, -0.25) is 4.79 Å². The summed E-state index contributed by atoms with van der Waals surface area (Å²) >= 11 is 1.76. The third-order valence-electron chi connectivity index (χ3n) is 4.51. The summed E-state index contributed by atoms with van der Waals surface area (Å²) in [6, 6.07) is 5.65. The zero-order valence-electron chi connectivity index (χ0n) is 15.7. The van der Waals surface area contributed by atoms with Gasteiger partial charge in [-0.05, 0) is 35.1 Å². The van der Waals surface area contributed by atoms with Crippen molar-refractivity contribution in [2.75, 3.05) is 32.1 Å². The van der Waals surface area contributed by atoms with Crippen molar-refractivity contribution < 1.29 is 9.59 Å². The Kier molecular flexibility index (Phi) is 6.28. The van der Waals surface area contributed by atoms with Crippen molar-refractivity contribution in [1.82, 2.24) is 20.5 Å². The second kappa shape index (κ2) is 8.85. The Bertz CT molecular complexity index is 788. The van der Waals surface area contributed by atoms with E-state index in [4.69, 9.17) is 0 Å². The van der Waals surface area contributed by atoms with E-state index < -0.39 is 0 Å². The number of pyridine rings is 1. The quantitative estimate of drug-likeness (QED) is 0.795. The molecule has 0 saturated carbocycles. The van der Waals surface area contributed by atoms with Gasteiger partial charge in [-0.2, -0.15) is 0 Å². The number of fused-ring (bicyclic) bond motifs is 1. The molecule has 2 aromatic heterocycles. The second-order valence-corrected chi connectivity index (χ2v) is 7.71. The molecule has 0 bridgehead atoms. The summed E-state index contributed by atoms with van der Waals surface area (Å²) in [4.78, 5) is 33.7. The largest absolute Gasteiger partial charge is 0.363 e. The van der Waals surface area contributed by atoms with Crippen molar-refractivity contribution in [3.63, 3.8) is 0 Å². The Morgan fingerprint density at radius 1 is 1.26 bits per heavy atom. The summed E-state index contributed by atoms with van der Waals surface area (Å²) in [5.74, 6) is 0.949. The molecule has 0 aromatic carbocycles. The van der Waals surface area contributed by atoms with E-state index in [0.717, 1.165) is 24.3 Å². The highest BCUT2D eigenvalue weighted by Crippen LogP contribution is 2.24. The molecule has 2 aromatic rings. The molecule has 0 atom stereocenters. The van der Waals surface area contributed by atoms with Crippen LogP contribution in [-0.4, -0.2) is 49.0 Å². The van der Waals surface area contributed by atoms with Crippen LogP contribution in [0.1, 0.15) is 22.4 Å². The molecule has 2 N–H and O–H groups in total. The average molecular weight is 388 g/mol. The number of amides is 3. The number of urea groups is 1. The minimum absolute atomic E-state index is 0.0793. The van der Waals surface area contributed by atoms with Crippen LogP contribution in [0.3, 0.4) is 0 Å². The van der Waals surface area contributed by atoms with E-state index in [-0.39, 0.29) is 11.9 Å². The van der Waals surface area contributed by atoms with Crippen LogP contribution in [-0.2, 0) is 24.3 Å². The number of hydrogen-bond donors (Lipinski definition) is 2. The molecule has 8 heteroatoms. The van der Waals surface area contributed by atoms with Crippen LogP contribution in [0.15, 0.2) is 29.8 Å². The highest BCUT2D eigenvalue weighted by Gasteiger charge is 2.21. The van der Waals surface area contributed by atoms with Crippen LogP contribution in [0.25, 0.3) is 0 Å². The second-order valence-electron chi connectivity index (χ2n) is 6.71. The first-order valence-corrected chi connectivity index (χ1v) is 9.88. The van der Waals surface area contributed by atoms with Crippen LogP contribution in [0.2, 0.25) is 0 Å². The van der Waals surface area contributed by atoms with Gasteiger partial charge >= 0.3 is 6.03 Å². The van der Waals surface area contributed by atoms with Gasteiger partial charge in [0.2, 0.25) is 5.91 Å². The van der Waals surface area contributed by atoms with Crippen LogP contribution in [0.4, 0.5) is 10.6 Å². The van der Waals surface area contributed by atoms with Crippen molar-refractivity contribution in [2.45, 2.75) is 25.9 Å². The Hall–Kier alpha value is -2.61. The lowest BCUT2D eigenvalue weighted by atomic mass is 10.1. The molecule has 3 heterocycles. The minimum Gasteiger partial charge on any atom is -0.363 e. The monoisotopic (exact) mass is 387 g/mol. The molecule has 3 rings (SSSR count). The number of thiophene rings is 1. The predicted molar refractivity (Wildman–Crippen MR) is 107 cm³/mol. The van der Waals surface area contributed by atoms with Crippen molar-refractivity contribution in [1.29, 1.82) is 0 Å². The van der Waals surface area contributed by atoms with E-state index in [1.54, 1.807) is 17.5 Å². The van der Waals surface area contributed by atoms with Gasteiger partial charge in [0.25, 0.3) is 0 Å². The predicted octanol–water partition coefficient (Wildman–Crippen LogP) is 1.98. The summed E-state index contributed by atoms with van der Waals surface area (Å²) in [5.41, 5.74) is 2.17. The van der Waals surface area contributed by atoms with Crippen molar-refractivity contribution >= 4 is 29.1 Å². The van der Waals surface area contributed by atoms with E-state index in [0.29, 0.717) is 26.1 Å². The van der Waals surface area contributed by atoms with Crippen molar-refractivity contribution in [2.24, 2.45) is 0 Å². The third-order valence-corrected chi connectivity index (χ3v) is 5.53. The number of anilines is 1. The van der Waals surface area contributed by atoms with Crippen LogP contribution in [0.5, 0.6) is 0 Å². The zero-order chi connectivity index (χ0) is 19.2. The maximum absolute atomic E-state index is 12.3. The summed E-state index contributed by atoms with van der Waals surface area (Å²) < 4.78 is 0. The molecule has 1 aliphatic heterocycles. The summed E-state index contributed by atoms with van der Waals surface area (Å²) in [5, 5.41) is 7.60. The van der Waals surface area contributed by atoms with Crippen LogP contribution >= 0.6 is 11.3 Å². The zero-order valence-corrected chi connectivity index (χ0v) is 16.5. The lowest BCUT2D eigenvalue weighted by Crippen LogP contribution is -2.40. The third kappa shape index (κ3) is 5.19. The summed E-state index contributed by atoms with van der Waals surface area (Å²) in [6.07, 6.45) is 2.98. The normalized spacial score (nSPS) is 13.0. The van der Waals surface area contributed by atoms with Crippen LogP contribution in [0, 0.1) is 0 Å². The number of aromatic nitrogens is 1. The smallest absolute Gasteiger partial charge is 0.315 e. The molecule has 0 unspecified atom stereocenters.